The van der Waals surface area contributed by atoms with E-state index in [0.717, 1.165) is 0 Å². The molecule has 36 heavy (non-hydrogen) atoms. The van der Waals surface area contributed by atoms with Crippen LogP contribution in [0.3, 0.4) is 0 Å². The summed E-state index contributed by atoms with van der Waals surface area (Å²) in [7, 11) is -2.99. The molecule has 0 aliphatic carbocycles. The molecule has 0 heterocycles. The minimum absolute atomic E-state index is 0. The summed E-state index contributed by atoms with van der Waals surface area (Å²) in [4.78, 5) is 0. The Kier molecular flexibility index (Phi) is 95.1. The standard InChI is InChI=1S/6ClHO3S.6K/c6*1-5(2,3)4;;;;;;/h6*(H,2,3,4);;;;;;/q;;;;;;6*+1/p-6. The number of rotatable bonds is 0. The van der Waals surface area contributed by atoms with E-state index < -0.39 is 56.0 Å². The van der Waals surface area contributed by atoms with Gasteiger partial charge in [-0.2, -0.15) is 0 Å². The Hall–Kier alpha value is 11.0. The molecule has 0 aromatic rings. The molecular formula is Cl6K6O18S6. The van der Waals surface area contributed by atoms with E-state index in [1.807, 2.05) is 0 Å². The molecular weight excluding hydrogens is 928 g/mol. The second-order valence-corrected chi connectivity index (χ2v) is 13.9. The van der Waals surface area contributed by atoms with Gasteiger partial charge in [0.05, 0.1) is 0 Å². The van der Waals surface area contributed by atoms with E-state index in [1.165, 1.54) is 0 Å². The summed E-state index contributed by atoms with van der Waals surface area (Å²) in [6.45, 7) is 0. The number of hydrogen-bond acceptors (Lipinski definition) is 18. The molecule has 0 aromatic heterocycles. The van der Waals surface area contributed by atoms with Gasteiger partial charge in [-0.1, -0.05) is 0 Å². The molecule has 0 fully saturated rings. The molecule has 0 spiro atoms. The van der Waals surface area contributed by atoms with E-state index in [-0.39, 0.29) is 308 Å². The fourth-order valence-corrected chi connectivity index (χ4v) is 0. The van der Waals surface area contributed by atoms with Crippen LogP contribution >= 0.6 is 64.1 Å². The van der Waals surface area contributed by atoms with Gasteiger partial charge in [-0.3, -0.25) is 0 Å². The second kappa shape index (κ2) is 42.2. The molecule has 0 rings (SSSR count). The summed E-state index contributed by atoms with van der Waals surface area (Å²) in [5, 5.41) is 0. The average Bonchev–Trinajstić information content (AvgIpc) is 1.94. The molecule has 36 heteroatoms. The van der Waals surface area contributed by atoms with Crippen molar-refractivity contribution in [1.29, 1.82) is 0 Å². The van der Waals surface area contributed by atoms with E-state index in [9.17, 15) is 0 Å². The molecule has 0 aromatic carbocycles. The maximum absolute atomic E-state index is 8.84. The minimum atomic E-state index is -4.44. The molecule has 192 valence electrons. The number of halogens is 6. The minimum Gasteiger partial charge on any atom is -0.735 e. The van der Waals surface area contributed by atoms with Crippen LogP contribution in [0.15, 0.2) is 0 Å². The van der Waals surface area contributed by atoms with Gasteiger partial charge >= 0.3 is 308 Å². The Balaban J connectivity index is -0.0000000186. The Morgan fingerprint density at radius 3 is 0.250 bits per heavy atom. The van der Waals surface area contributed by atoms with Crippen molar-refractivity contribution in [2.24, 2.45) is 0 Å². The first-order valence-electron chi connectivity index (χ1n) is 3.93. The van der Waals surface area contributed by atoms with Gasteiger partial charge in [-0.25, -0.2) is 50.5 Å². The van der Waals surface area contributed by atoms with E-state index in [2.05, 4.69) is 64.1 Å². The molecule has 0 unspecified atom stereocenters. The quantitative estimate of drug-likeness (QED) is 0.124. The third-order valence-corrected chi connectivity index (χ3v) is 0. The molecule has 0 aliphatic heterocycles. The number of hydrogen-bond donors (Lipinski definition) is 0. The molecule has 18 nitrogen and oxygen atoms in total. The Morgan fingerprint density at radius 2 is 0.250 bits per heavy atom. The molecule has 0 saturated carbocycles. The Bertz CT molecular complexity index is 796. The summed E-state index contributed by atoms with van der Waals surface area (Å²) < 4.78 is 159. The van der Waals surface area contributed by atoms with Gasteiger partial charge in [0.1, 0.15) is 0 Å². The Labute approximate surface area is 490 Å². The van der Waals surface area contributed by atoms with Crippen molar-refractivity contribution in [1.82, 2.24) is 0 Å². The van der Waals surface area contributed by atoms with Gasteiger partial charge in [0.15, 0.2) is 56.0 Å². The van der Waals surface area contributed by atoms with Crippen molar-refractivity contribution >= 4 is 120 Å². The SMILES string of the molecule is O=S(=O)([O-])Cl.O=S(=O)([O-])Cl.O=S(=O)([O-])Cl.O=S(=O)([O-])Cl.O=S(=O)([O-])Cl.O=S(=O)([O-])Cl.[K+].[K+].[K+].[K+].[K+].[K+]. The van der Waals surface area contributed by atoms with Crippen LogP contribution in [-0.2, 0) is 56.0 Å². The van der Waals surface area contributed by atoms with Crippen molar-refractivity contribution in [3.63, 3.8) is 0 Å². The van der Waals surface area contributed by atoms with Crippen molar-refractivity contribution < 1.29 is 386 Å². The second-order valence-electron chi connectivity index (χ2n) is 2.36. The smallest absolute Gasteiger partial charge is 0.735 e. The van der Waals surface area contributed by atoms with Crippen LogP contribution in [0.4, 0.5) is 0 Å². The molecule has 0 saturated heterocycles. The van der Waals surface area contributed by atoms with Crippen molar-refractivity contribution in [3.8, 4) is 0 Å². The molecule has 0 atom stereocenters. The van der Waals surface area contributed by atoms with Gasteiger partial charge in [0.25, 0.3) is 0 Å². The summed E-state index contributed by atoms with van der Waals surface area (Å²) in [6, 6.07) is 0. The summed E-state index contributed by atoms with van der Waals surface area (Å²) >= 11 is 0. The summed E-state index contributed by atoms with van der Waals surface area (Å²) in [5.74, 6) is 0. The van der Waals surface area contributed by atoms with Crippen molar-refractivity contribution in [2.75, 3.05) is 0 Å². The van der Waals surface area contributed by atoms with Crippen LogP contribution in [0.1, 0.15) is 0 Å². The first kappa shape index (κ1) is 81.2. The third-order valence-electron chi connectivity index (χ3n) is 0. The predicted molar refractivity (Wildman–Crippen MR) is 93.3 cm³/mol. The van der Waals surface area contributed by atoms with Crippen LogP contribution < -0.4 is 308 Å². The van der Waals surface area contributed by atoms with Gasteiger partial charge < -0.3 is 27.3 Å². The third kappa shape index (κ3) is 719. The van der Waals surface area contributed by atoms with E-state index >= 15 is 0 Å². The maximum Gasteiger partial charge on any atom is 1.00 e. The van der Waals surface area contributed by atoms with E-state index in [1.54, 1.807) is 0 Å². The predicted octanol–water partition coefficient (Wildman–Crippen LogP) is -19.9. The first-order chi connectivity index (χ1) is 12.0. The van der Waals surface area contributed by atoms with E-state index in [0.29, 0.717) is 0 Å². The normalized spacial score (nSPS) is 9.67. The monoisotopic (exact) mass is 923 g/mol. The fourth-order valence-electron chi connectivity index (χ4n) is 0. The first-order valence-corrected chi connectivity index (χ1v) is 17.3. The van der Waals surface area contributed by atoms with Gasteiger partial charge in [0.2, 0.25) is 0 Å². The van der Waals surface area contributed by atoms with Crippen molar-refractivity contribution in [3.05, 3.63) is 0 Å². The van der Waals surface area contributed by atoms with Crippen LogP contribution in [0.5, 0.6) is 0 Å². The molecule has 0 radical (unpaired) electrons. The van der Waals surface area contributed by atoms with Crippen LogP contribution in [0.25, 0.3) is 0 Å². The topological polar surface area (TPSA) is 343 Å². The summed E-state index contributed by atoms with van der Waals surface area (Å²) in [6.07, 6.45) is 0. The Morgan fingerprint density at radius 1 is 0.250 bits per heavy atom. The van der Waals surface area contributed by atoms with Crippen LogP contribution in [-0.4, -0.2) is 77.8 Å². The van der Waals surface area contributed by atoms with Gasteiger partial charge in [-0.15, -0.1) is 0 Å². The zero-order valence-corrected chi connectivity index (χ0v) is 46.2. The van der Waals surface area contributed by atoms with Crippen molar-refractivity contribution in [2.45, 2.75) is 0 Å². The van der Waals surface area contributed by atoms with Crippen LogP contribution in [0, 0.1) is 0 Å². The van der Waals surface area contributed by atoms with Crippen LogP contribution in [0.2, 0.25) is 0 Å². The average molecular weight is 928 g/mol. The van der Waals surface area contributed by atoms with E-state index in [4.69, 9.17) is 77.8 Å². The zero-order chi connectivity index (χ0) is 27.0. The summed E-state index contributed by atoms with van der Waals surface area (Å²) in [5.41, 5.74) is 0. The molecule has 0 bridgehead atoms. The molecule has 0 aliphatic rings. The van der Waals surface area contributed by atoms with Gasteiger partial charge in [0, 0.05) is 64.1 Å². The largest absolute Gasteiger partial charge is 1.00 e. The fraction of sp³-hybridized carbons (Fsp3) is 0. The van der Waals surface area contributed by atoms with Gasteiger partial charge in [-0.05, 0) is 0 Å². The molecule has 0 N–H and O–H groups in total. The zero-order valence-electron chi connectivity index (χ0n) is 18.1. The maximum atomic E-state index is 8.84. The molecule has 0 amide bonds.